The van der Waals surface area contributed by atoms with Crippen LogP contribution in [0.2, 0.25) is 0 Å². The summed E-state index contributed by atoms with van der Waals surface area (Å²) < 4.78 is 0. The first kappa shape index (κ1) is 16.3. The molecule has 124 valence electrons. The Kier molecular flexibility index (Phi) is 4.97. The first-order valence-electron chi connectivity index (χ1n) is 7.50. The summed E-state index contributed by atoms with van der Waals surface area (Å²) in [6, 6.07) is 9.70. The normalized spacial score (nSPS) is 12.3. The first-order valence-corrected chi connectivity index (χ1v) is 8.38. The molecule has 0 saturated carbocycles. The lowest BCUT2D eigenvalue weighted by molar-refractivity contribution is -0.120. The number of nitrogens with zero attached hydrogens (tertiary/aromatic N) is 4. The maximum Gasteiger partial charge on any atom is 0.243 e. The number of amides is 1. The van der Waals surface area contributed by atoms with Crippen molar-refractivity contribution in [3.8, 4) is 11.3 Å². The van der Waals surface area contributed by atoms with Crippen LogP contribution in [-0.2, 0) is 11.3 Å². The summed E-state index contributed by atoms with van der Waals surface area (Å²) in [5, 5.41) is 18.0. The van der Waals surface area contributed by atoms with Gasteiger partial charge in [-0.05, 0) is 19.5 Å². The van der Waals surface area contributed by atoms with Gasteiger partial charge in [0, 0.05) is 12.1 Å². The lowest BCUT2D eigenvalue weighted by atomic mass is 10.1. The number of carbonyl (C=O) groups is 1. The van der Waals surface area contributed by atoms with Crippen molar-refractivity contribution >= 4 is 22.4 Å². The summed E-state index contributed by atoms with van der Waals surface area (Å²) in [5.74, 6) is -0.112. The van der Waals surface area contributed by atoms with E-state index in [2.05, 4.69) is 25.7 Å². The van der Waals surface area contributed by atoms with Crippen molar-refractivity contribution in [1.29, 1.82) is 0 Å². The SMILES string of the molecule is C[C@H](C(=O)Nc1nncs1)N(C)Cc1cn[nH]c1-c1ccccc1. The summed E-state index contributed by atoms with van der Waals surface area (Å²) in [6.45, 7) is 2.46. The summed E-state index contributed by atoms with van der Waals surface area (Å²) in [5.41, 5.74) is 4.67. The number of anilines is 1. The summed E-state index contributed by atoms with van der Waals surface area (Å²) in [6.07, 6.45) is 1.80. The van der Waals surface area contributed by atoms with E-state index >= 15 is 0 Å². The van der Waals surface area contributed by atoms with Crippen LogP contribution in [0.4, 0.5) is 5.13 Å². The summed E-state index contributed by atoms with van der Waals surface area (Å²) in [7, 11) is 1.91. The Bertz CT molecular complexity index is 786. The van der Waals surface area contributed by atoms with Crippen LogP contribution in [0.5, 0.6) is 0 Å². The molecule has 7 nitrogen and oxygen atoms in total. The number of likely N-dealkylation sites (N-methyl/N-ethyl adjacent to an activating group) is 1. The largest absolute Gasteiger partial charge is 0.299 e. The molecule has 0 fully saturated rings. The smallest absolute Gasteiger partial charge is 0.243 e. The molecule has 0 aliphatic carbocycles. The van der Waals surface area contributed by atoms with Gasteiger partial charge < -0.3 is 0 Å². The Morgan fingerprint density at radius 1 is 1.38 bits per heavy atom. The molecule has 24 heavy (non-hydrogen) atoms. The molecule has 0 saturated heterocycles. The molecule has 0 aliphatic heterocycles. The van der Waals surface area contributed by atoms with Crippen LogP contribution >= 0.6 is 11.3 Å². The number of nitrogens with one attached hydrogen (secondary N) is 2. The maximum atomic E-state index is 12.3. The van der Waals surface area contributed by atoms with E-state index in [1.165, 1.54) is 11.3 Å². The van der Waals surface area contributed by atoms with Crippen molar-refractivity contribution in [2.45, 2.75) is 19.5 Å². The highest BCUT2D eigenvalue weighted by molar-refractivity contribution is 7.13. The van der Waals surface area contributed by atoms with E-state index in [1.807, 2.05) is 49.2 Å². The van der Waals surface area contributed by atoms with Gasteiger partial charge in [-0.3, -0.25) is 20.1 Å². The zero-order valence-corrected chi connectivity index (χ0v) is 14.2. The number of rotatable bonds is 6. The first-order chi connectivity index (χ1) is 11.6. The van der Waals surface area contributed by atoms with Crippen LogP contribution in [0.25, 0.3) is 11.3 Å². The van der Waals surface area contributed by atoms with E-state index in [4.69, 9.17) is 0 Å². The Balaban J connectivity index is 1.68. The fourth-order valence-electron chi connectivity index (χ4n) is 2.33. The lowest BCUT2D eigenvalue weighted by Crippen LogP contribution is -2.39. The van der Waals surface area contributed by atoms with Crippen LogP contribution in [0.1, 0.15) is 12.5 Å². The van der Waals surface area contributed by atoms with Crippen molar-refractivity contribution in [1.82, 2.24) is 25.3 Å². The molecule has 0 radical (unpaired) electrons. The molecule has 3 aromatic rings. The Labute approximate surface area is 143 Å². The maximum absolute atomic E-state index is 12.3. The van der Waals surface area contributed by atoms with E-state index in [-0.39, 0.29) is 11.9 Å². The van der Waals surface area contributed by atoms with Gasteiger partial charge in [-0.15, -0.1) is 10.2 Å². The second kappa shape index (κ2) is 7.33. The average Bonchev–Trinajstić information content (AvgIpc) is 3.26. The van der Waals surface area contributed by atoms with Crippen molar-refractivity contribution < 1.29 is 4.79 Å². The predicted octanol–water partition coefficient (Wildman–Crippen LogP) is 2.39. The third kappa shape index (κ3) is 3.66. The highest BCUT2D eigenvalue weighted by Crippen LogP contribution is 2.22. The van der Waals surface area contributed by atoms with Gasteiger partial charge >= 0.3 is 0 Å². The van der Waals surface area contributed by atoms with E-state index in [0.29, 0.717) is 11.7 Å². The molecule has 0 bridgehead atoms. The third-order valence-electron chi connectivity index (χ3n) is 3.83. The number of H-pyrrole nitrogens is 1. The monoisotopic (exact) mass is 342 g/mol. The summed E-state index contributed by atoms with van der Waals surface area (Å²) >= 11 is 1.30. The van der Waals surface area contributed by atoms with Gasteiger partial charge in [0.05, 0.1) is 17.9 Å². The Morgan fingerprint density at radius 2 is 2.17 bits per heavy atom. The van der Waals surface area contributed by atoms with Crippen LogP contribution < -0.4 is 5.32 Å². The Hall–Kier alpha value is -2.58. The lowest BCUT2D eigenvalue weighted by Gasteiger charge is -2.23. The second-order valence-corrected chi connectivity index (χ2v) is 6.29. The second-order valence-electron chi connectivity index (χ2n) is 5.46. The fourth-order valence-corrected chi connectivity index (χ4v) is 2.78. The molecule has 8 heteroatoms. The van der Waals surface area contributed by atoms with Crippen molar-refractivity contribution in [2.24, 2.45) is 0 Å². The quantitative estimate of drug-likeness (QED) is 0.718. The minimum Gasteiger partial charge on any atom is -0.299 e. The van der Waals surface area contributed by atoms with Crippen LogP contribution in [-0.4, -0.2) is 44.3 Å². The number of aromatic nitrogens is 4. The molecule has 2 aromatic heterocycles. The van der Waals surface area contributed by atoms with Gasteiger partial charge in [0.15, 0.2) is 0 Å². The number of carbonyl (C=O) groups excluding carboxylic acids is 1. The third-order valence-corrected chi connectivity index (χ3v) is 4.44. The molecule has 3 rings (SSSR count). The molecule has 0 aliphatic rings. The van der Waals surface area contributed by atoms with E-state index < -0.39 is 0 Å². The van der Waals surface area contributed by atoms with Crippen LogP contribution in [0.15, 0.2) is 42.0 Å². The van der Waals surface area contributed by atoms with Gasteiger partial charge in [0.25, 0.3) is 0 Å². The molecular weight excluding hydrogens is 324 g/mol. The summed E-state index contributed by atoms with van der Waals surface area (Å²) in [4.78, 5) is 14.3. The molecule has 2 N–H and O–H groups in total. The molecular formula is C16H18N6OS. The van der Waals surface area contributed by atoms with E-state index in [0.717, 1.165) is 16.8 Å². The predicted molar refractivity (Wildman–Crippen MR) is 93.5 cm³/mol. The Morgan fingerprint density at radius 3 is 2.88 bits per heavy atom. The highest BCUT2D eigenvalue weighted by atomic mass is 32.1. The average molecular weight is 342 g/mol. The van der Waals surface area contributed by atoms with Crippen LogP contribution in [0.3, 0.4) is 0 Å². The number of benzene rings is 1. The molecule has 0 spiro atoms. The van der Waals surface area contributed by atoms with E-state index in [9.17, 15) is 4.79 Å². The van der Waals surface area contributed by atoms with E-state index in [1.54, 1.807) is 11.7 Å². The van der Waals surface area contributed by atoms with Crippen LogP contribution in [0, 0.1) is 0 Å². The number of hydrogen-bond donors (Lipinski definition) is 2. The molecule has 2 heterocycles. The topological polar surface area (TPSA) is 86.8 Å². The highest BCUT2D eigenvalue weighted by Gasteiger charge is 2.20. The standard InChI is InChI=1S/C16H18N6OS/c1-11(15(23)19-16-21-18-10-24-16)22(2)9-13-8-17-20-14(13)12-6-4-3-5-7-12/h3-8,10-11H,9H2,1-2H3,(H,17,20)(H,19,21,23)/t11-/m1/s1. The molecule has 1 aromatic carbocycles. The molecule has 0 unspecified atom stereocenters. The number of aromatic amines is 1. The fraction of sp³-hybridized carbons (Fsp3) is 0.250. The van der Waals surface area contributed by atoms with Gasteiger partial charge in [-0.1, -0.05) is 41.7 Å². The minimum absolute atomic E-state index is 0.112. The van der Waals surface area contributed by atoms with Crippen molar-refractivity contribution in [2.75, 3.05) is 12.4 Å². The zero-order chi connectivity index (χ0) is 16.9. The van der Waals surface area contributed by atoms with Crippen molar-refractivity contribution in [3.05, 3.63) is 47.6 Å². The van der Waals surface area contributed by atoms with Gasteiger partial charge in [0.1, 0.15) is 5.51 Å². The minimum atomic E-state index is -0.313. The van der Waals surface area contributed by atoms with Crippen molar-refractivity contribution in [3.63, 3.8) is 0 Å². The molecule has 1 atom stereocenters. The number of hydrogen-bond acceptors (Lipinski definition) is 6. The zero-order valence-electron chi connectivity index (χ0n) is 13.4. The van der Waals surface area contributed by atoms with Gasteiger partial charge in [-0.2, -0.15) is 5.10 Å². The van der Waals surface area contributed by atoms with Gasteiger partial charge in [-0.25, -0.2) is 0 Å². The van der Waals surface area contributed by atoms with Gasteiger partial charge in [0.2, 0.25) is 11.0 Å². The molecule has 1 amide bonds.